The first-order valence-corrected chi connectivity index (χ1v) is 8.05. The van der Waals surface area contributed by atoms with Crippen LogP contribution in [0.2, 0.25) is 5.02 Å². The predicted molar refractivity (Wildman–Crippen MR) is 84.2 cm³/mol. The molecule has 0 N–H and O–H groups in total. The van der Waals surface area contributed by atoms with E-state index in [1.807, 2.05) is 24.3 Å². The molecule has 0 aliphatic carbocycles. The van der Waals surface area contributed by atoms with Crippen molar-refractivity contribution in [1.82, 2.24) is 0 Å². The molecule has 4 rings (SSSR count). The van der Waals surface area contributed by atoms with Gasteiger partial charge in [-0.15, -0.1) is 0 Å². The Bertz CT molecular complexity index is 718. The van der Waals surface area contributed by atoms with Crippen LogP contribution in [0.1, 0.15) is 6.92 Å². The van der Waals surface area contributed by atoms with Crippen molar-refractivity contribution in [3.8, 4) is 0 Å². The standard InChI is InChI=1S/C17H16ClNO4/c1-2-22-16(21)13-12-7-8-17(23-12)9-19(15(20)14(13)17)11-6-4-3-5-10(11)18/h3-8,12-14H,2,9H2,1H3. The second-order valence-electron chi connectivity index (χ2n) is 6.03. The van der Waals surface area contributed by atoms with Crippen molar-refractivity contribution in [2.75, 3.05) is 18.1 Å². The van der Waals surface area contributed by atoms with Crippen molar-refractivity contribution in [2.45, 2.75) is 18.6 Å². The number of nitrogens with zero attached hydrogens (tertiary/aromatic N) is 1. The molecule has 0 aromatic heterocycles. The topological polar surface area (TPSA) is 55.8 Å². The Morgan fingerprint density at radius 2 is 2.26 bits per heavy atom. The van der Waals surface area contributed by atoms with E-state index in [0.717, 1.165) is 0 Å². The molecular weight excluding hydrogens is 318 g/mol. The van der Waals surface area contributed by atoms with Crippen molar-refractivity contribution in [2.24, 2.45) is 11.8 Å². The SMILES string of the molecule is CCOC(=O)C1C2C=CC3(CN(c4ccccc4Cl)C(=O)C13)O2. The first kappa shape index (κ1) is 14.7. The number of fused-ring (bicyclic) bond motifs is 1. The van der Waals surface area contributed by atoms with Gasteiger partial charge in [0.25, 0.3) is 0 Å². The van der Waals surface area contributed by atoms with E-state index in [1.165, 1.54) is 0 Å². The molecule has 1 aromatic carbocycles. The van der Waals surface area contributed by atoms with Gasteiger partial charge in [-0.3, -0.25) is 9.59 Å². The molecule has 3 aliphatic rings. The molecular formula is C17H16ClNO4. The lowest BCUT2D eigenvalue weighted by Crippen LogP contribution is -2.40. The Hall–Kier alpha value is -1.85. The van der Waals surface area contributed by atoms with Gasteiger partial charge in [0.2, 0.25) is 5.91 Å². The largest absolute Gasteiger partial charge is 0.466 e. The van der Waals surface area contributed by atoms with Crippen LogP contribution in [0, 0.1) is 11.8 Å². The van der Waals surface area contributed by atoms with Crippen LogP contribution in [0.15, 0.2) is 36.4 Å². The number of amides is 1. The van der Waals surface area contributed by atoms with Crippen LogP contribution in [0.3, 0.4) is 0 Å². The summed E-state index contributed by atoms with van der Waals surface area (Å²) >= 11 is 6.23. The van der Waals surface area contributed by atoms with Crippen LogP contribution in [-0.4, -0.2) is 36.7 Å². The predicted octanol–water partition coefficient (Wildman–Crippen LogP) is 2.19. The molecule has 4 unspecified atom stereocenters. The molecule has 6 heteroatoms. The zero-order valence-electron chi connectivity index (χ0n) is 12.6. The molecule has 120 valence electrons. The summed E-state index contributed by atoms with van der Waals surface area (Å²) in [5.74, 6) is -1.64. The van der Waals surface area contributed by atoms with E-state index >= 15 is 0 Å². The molecule has 1 amide bonds. The summed E-state index contributed by atoms with van der Waals surface area (Å²) in [5.41, 5.74) is -0.107. The van der Waals surface area contributed by atoms with Crippen molar-refractivity contribution in [3.63, 3.8) is 0 Å². The second kappa shape index (κ2) is 5.08. The molecule has 4 atom stereocenters. The lowest BCUT2D eigenvalue weighted by atomic mass is 9.77. The van der Waals surface area contributed by atoms with Gasteiger partial charge in [0.05, 0.1) is 35.9 Å². The monoisotopic (exact) mass is 333 g/mol. The van der Waals surface area contributed by atoms with E-state index in [9.17, 15) is 9.59 Å². The van der Waals surface area contributed by atoms with Gasteiger partial charge in [-0.2, -0.15) is 0 Å². The third kappa shape index (κ3) is 1.96. The second-order valence-corrected chi connectivity index (χ2v) is 6.44. The van der Waals surface area contributed by atoms with E-state index in [2.05, 4.69) is 0 Å². The molecule has 23 heavy (non-hydrogen) atoms. The number of anilines is 1. The maximum Gasteiger partial charge on any atom is 0.312 e. The fourth-order valence-corrected chi connectivity index (χ4v) is 4.12. The minimum atomic E-state index is -0.752. The average Bonchev–Trinajstić information content (AvgIpc) is 3.16. The summed E-state index contributed by atoms with van der Waals surface area (Å²) in [4.78, 5) is 26.9. The Kier molecular flexibility index (Phi) is 3.25. The number of hydrogen-bond acceptors (Lipinski definition) is 4. The highest BCUT2D eigenvalue weighted by Gasteiger charge is 2.67. The molecule has 0 radical (unpaired) electrons. The third-order valence-corrected chi connectivity index (χ3v) is 5.12. The first-order chi connectivity index (χ1) is 11.1. The lowest BCUT2D eigenvalue weighted by molar-refractivity contribution is -0.151. The number of benzene rings is 1. The Labute approximate surface area is 138 Å². The molecule has 0 saturated carbocycles. The maximum atomic E-state index is 13.0. The van der Waals surface area contributed by atoms with Crippen LogP contribution in [0.5, 0.6) is 0 Å². The van der Waals surface area contributed by atoms with Gasteiger partial charge >= 0.3 is 5.97 Å². The van der Waals surface area contributed by atoms with Crippen molar-refractivity contribution in [3.05, 3.63) is 41.4 Å². The summed E-state index contributed by atoms with van der Waals surface area (Å²) in [5, 5.41) is 0.503. The van der Waals surface area contributed by atoms with Crippen LogP contribution in [-0.2, 0) is 19.1 Å². The van der Waals surface area contributed by atoms with E-state index in [-0.39, 0.29) is 24.6 Å². The van der Waals surface area contributed by atoms with E-state index in [4.69, 9.17) is 21.1 Å². The number of rotatable bonds is 3. The smallest absolute Gasteiger partial charge is 0.312 e. The number of carbonyl (C=O) groups excluding carboxylic acids is 2. The van der Waals surface area contributed by atoms with Crippen LogP contribution in [0.25, 0.3) is 0 Å². The Morgan fingerprint density at radius 3 is 3.00 bits per heavy atom. The fourth-order valence-electron chi connectivity index (χ4n) is 3.88. The summed E-state index contributed by atoms with van der Waals surface area (Å²) < 4.78 is 11.2. The molecule has 5 nitrogen and oxygen atoms in total. The number of ether oxygens (including phenoxy) is 2. The average molecular weight is 334 g/mol. The Balaban J connectivity index is 1.71. The van der Waals surface area contributed by atoms with Gasteiger partial charge in [0.1, 0.15) is 11.5 Å². The number of para-hydroxylation sites is 1. The first-order valence-electron chi connectivity index (χ1n) is 7.67. The van der Waals surface area contributed by atoms with Gasteiger partial charge in [-0.25, -0.2) is 0 Å². The van der Waals surface area contributed by atoms with E-state index in [1.54, 1.807) is 24.0 Å². The number of hydrogen-bond donors (Lipinski definition) is 0. The zero-order valence-corrected chi connectivity index (χ0v) is 13.3. The van der Waals surface area contributed by atoms with Crippen LogP contribution >= 0.6 is 11.6 Å². The van der Waals surface area contributed by atoms with Crippen molar-refractivity contribution >= 4 is 29.2 Å². The molecule has 2 bridgehead atoms. The fraction of sp³-hybridized carbons (Fsp3) is 0.412. The highest BCUT2D eigenvalue weighted by atomic mass is 35.5. The molecule has 2 fully saturated rings. The molecule has 3 heterocycles. The number of esters is 1. The summed E-state index contributed by atoms with van der Waals surface area (Å²) in [7, 11) is 0. The van der Waals surface area contributed by atoms with E-state index in [0.29, 0.717) is 17.3 Å². The minimum absolute atomic E-state index is 0.136. The van der Waals surface area contributed by atoms with E-state index < -0.39 is 17.4 Å². The van der Waals surface area contributed by atoms with Crippen LogP contribution in [0.4, 0.5) is 5.69 Å². The third-order valence-electron chi connectivity index (χ3n) is 4.80. The highest BCUT2D eigenvalue weighted by Crippen LogP contribution is 2.53. The number of carbonyl (C=O) groups is 2. The van der Waals surface area contributed by atoms with Gasteiger partial charge in [-0.1, -0.05) is 35.9 Å². The summed E-state index contributed by atoms with van der Waals surface area (Å²) in [6.45, 7) is 2.40. The highest BCUT2D eigenvalue weighted by molar-refractivity contribution is 6.34. The van der Waals surface area contributed by atoms with Crippen LogP contribution < -0.4 is 4.90 Å². The van der Waals surface area contributed by atoms with Gasteiger partial charge in [0, 0.05) is 0 Å². The van der Waals surface area contributed by atoms with Gasteiger partial charge < -0.3 is 14.4 Å². The maximum absolute atomic E-state index is 13.0. The number of halogens is 1. The quantitative estimate of drug-likeness (QED) is 0.628. The van der Waals surface area contributed by atoms with Gasteiger partial charge in [0.15, 0.2) is 0 Å². The molecule has 1 spiro atoms. The Morgan fingerprint density at radius 1 is 1.48 bits per heavy atom. The van der Waals surface area contributed by atoms with Crippen molar-refractivity contribution < 1.29 is 19.1 Å². The minimum Gasteiger partial charge on any atom is -0.466 e. The van der Waals surface area contributed by atoms with Crippen molar-refractivity contribution in [1.29, 1.82) is 0 Å². The summed E-state index contributed by atoms with van der Waals surface area (Å²) in [6.07, 6.45) is 3.39. The normalized spacial score (nSPS) is 34.1. The zero-order chi connectivity index (χ0) is 16.2. The lowest BCUT2D eigenvalue weighted by Gasteiger charge is -2.22. The van der Waals surface area contributed by atoms with Gasteiger partial charge in [-0.05, 0) is 19.1 Å². The molecule has 2 saturated heterocycles. The molecule has 3 aliphatic heterocycles. The summed E-state index contributed by atoms with van der Waals surface area (Å²) in [6, 6.07) is 7.19. The molecule has 1 aromatic rings.